The minimum absolute atomic E-state index is 0.258. The van der Waals surface area contributed by atoms with E-state index in [0.717, 1.165) is 12.8 Å². The van der Waals surface area contributed by atoms with Crippen molar-refractivity contribution in [3.05, 3.63) is 29.0 Å². The lowest BCUT2D eigenvalue weighted by molar-refractivity contribution is -0.147. The molecule has 102 valence electrons. The molecule has 0 bridgehead atoms. The fourth-order valence-electron chi connectivity index (χ4n) is 2.21. The summed E-state index contributed by atoms with van der Waals surface area (Å²) in [6.07, 6.45) is 3.85. The number of nitrogens with zero attached hydrogens (tertiary/aromatic N) is 2. The van der Waals surface area contributed by atoms with E-state index in [1.807, 2.05) is 0 Å². The molecule has 19 heavy (non-hydrogen) atoms. The van der Waals surface area contributed by atoms with Crippen LogP contribution in [0.25, 0.3) is 0 Å². The smallest absolute Gasteiger partial charge is 0.328 e. The molecule has 1 aliphatic rings. The van der Waals surface area contributed by atoms with Gasteiger partial charge in [-0.15, -0.1) is 0 Å². The summed E-state index contributed by atoms with van der Waals surface area (Å²) in [4.78, 5) is 29.6. The van der Waals surface area contributed by atoms with Gasteiger partial charge in [-0.2, -0.15) is 0 Å². The first-order chi connectivity index (χ1) is 9.13. The average Bonchev–Trinajstić information content (AvgIpc) is 2.46. The summed E-state index contributed by atoms with van der Waals surface area (Å²) >= 11 is 5.74. The average molecular weight is 283 g/mol. The monoisotopic (exact) mass is 282 g/mol. The largest absolute Gasteiger partial charge is 0.467 e. The first-order valence-corrected chi connectivity index (χ1v) is 6.51. The maximum Gasteiger partial charge on any atom is 0.328 e. The minimum Gasteiger partial charge on any atom is -0.467 e. The zero-order chi connectivity index (χ0) is 13.8. The highest BCUT2D eigenvalue weighted by Crippen LogP contribution is 2.20. The first-order valence-electron chi connectivity index (χ1n) is 6.14. The van der Waals surface area contributed by atoms with Crippen LogP contribution >= 0.6 is 11.6 Å². The van der Waals surface area contributed by atoms with E-state index in [1.165, 1.54) is 18.2 Å². The lowest BCUT2D eigenvalue weighted by atomic mass is 10.0. The number of esters is 1. The molecule has 1 amide bonds. The Labute approximate surface area is 116 Å². The van der Waals surface area contributed by atoms with Crippen LogP contribution in [0.2, 0.25) is 5.02 Å². The highest BCUT2D eigenvalue weighted by Gasteiger charge is 2.33. The summed E-state index contributed by atoms with van der Waals surface area (Å²) in [5, 5.41) is 0.472. The molecule has 5 nitrogen and oxygen atoms in total. The second-order valence-corrected chi connectivity index (χ2v) is 4.83. The number of aromatic nitrogens is 1. The van der Waals surface area contributed by atoms with Gasteiger partial charge in [-0.25, -0.2) is 9.78 Å². The molecule has 1 aromatic rings. The Balaban J connectivity index is 2.20. The molecule has 0 radical (unpaired) electrons. The molecule has 0 aliphatic carbocycles. The molecule has 0 aromatic carbocycles. The third-order valence-electron chi connectivity index (χ3n) is 3.18. The molecule has 1 aromatic heterocycles. The van der Waals surface area contributed by atoms with Gasteiger partial charge >= 0.3 is 5.97 Å². The van der Waals surface area contributed by atoms with E-state index in [0.29, 0.717) is 23.7 Å². The van der Waals surface area contributed by atoms with Crippen LogP contribution in [-0.2, 0) is 9.53 Å². The molecule has 0 unspecified atom stereocenters. The molecule has 0 spiro atoms. The number of methoxy groups -OCH3 is 1. The number of piperidine rings is 1. The van der Waals surface area contributed by atoms with Gasteiger partial charge in [0.25, 0.3) is 5.91 Å². The Morgan fingerprint density at radius 1 is 1.42 bits per heavy atom. The van der Waals surface area contributed by atoms with Gasteiger partial charge in [0.2, 0.25) is 0 Å². The maximum absolute atomic E-state index is 12.4. The number of carbonyl (C=O) groups excluding carboxylic acids is 2. The van der Waals surface area contributed by atoms with Crippen molar-refractivity contribution >= 4 is 23.5 Å². The Hall–Kier alpha value is -1.62. The number of amides is 1. The Morgan fingerprint density at radius 3 is 2.84 bits per heavy atom. The van der Waals surface area contributed by atoms with E-state index in [4.69, 9.17) is 16.3 Å². The highest BCUT2D eigenvalue weighted by molar-refractivity contribution is 6.30. The molecule has 2 heterocycles. The van der Waals surface area contributed by atoms with Crippen LogP contribution in [0.3, 0.4) is 0 Å². The van der Waals surface area contributed by atoms with Crippen molar-refractivity contribution in [2.24, 2.45) is 0 Å². The van der Waals surface area contributed by atoms with Crippen molar-refractivity contribution in [3.63, 3.8) is 0 Å². The number of pyridine rings is 1. The molecule has 1 aliphatic heterocycles. The number of likely N-dealkylation sites (tertiary alicyclic amines) is 1. The zero-order valence-electron chi connectivity index (χ0n) is 10.6. The van der Waals surface area contributed by atoms with Crippen molar-refractivity contribution in [3.8, 4) is 0 Å². The van der Waals surface area contributed by atoms with Crippen LogP contribution in [0.15, 0.2) is 18.3 Å². The molecule has 0 saturated carbocycles. The fraction of sp³-hybridized carbons (Fsp3) is 0.462. The van der Waals surface area contributed by atoms with Crippen molar-refractivity contribution in [2.45, 2.75) is 25.3 Å². The van der Waals surface area contributed by atoms with E-state index in [2.05, 4.69) is 4.98 Å². The van der Waals surface area contributed by atoms with Crippen LogP contribution in [-0.4, -0.2) is 41.5 Å². The Bertz CT molecular complexity index is 475. The number of ether oxygens (including phenoxy) is 1. The van der Waals surface area contributed by atoms with Crippen molar-refractivity contribution < 1.29 is 14.3 Å². The van der Waals surface area contributed by atoms with Crippen LogP contribution in [0.5, 0.6) is 0 Å². The maximum atomic E-state index is 12.4. The summed E-state index contributed by atoms with van der Waals surface area (Å²) in [6, 6.07) is 2.66. The van der Waals surface area contributed by atoms with Gasteiger partial charge in [-0.05, 0) is 31.4 Å². The Kier molecular flexibility index (Phi) is 4.37. The lowest BCUT2D eigenvalue weighted by Crippen LogP contribution is -2.48. The van der Waals surface area contributed by atoms with E-state index in [-0.39, 0.29) is 11.9 Å². The zero-order valence-corrected chi connectivity index (χ0v) is 11.4. The van der Waals surface area contributed by atoms with Crippen LogP contribution in [0, 0.1) is 0 Å². The molecule has 6 heteroatoms. The highest BCUT2D eigenvalue weighted by atomic mass is 35.5. The van der Waals surface area contributed by atoms with Crippen molar-refractivity contribution in [1.82, 2.24) is 9.88 Å². The van der Waals surface area contributed by atoms with Gasteiger partial charge in [-0.1, -0.05) is 11.6 Å². The van der Waals surface area contributed by atoms with E-state index >= 15 is 0 Å². The second kappa shape index (κ2) is 6.02. The molecule has 1 saturated heterocycles. The Morgan fingerprint density at radius 2 is 2.21 bits per heavy atom. The lowest BCUT2D eigenvalue weighted by Gasteiger charge is -2.33. The summed E-state index contributed by atoms with van der Waals surface area (Å²) in [7, 11) is 1.33. The SMILES string of the molecule is COC(=O)[C@H]1CCCCN1C(=O)c1ccc(Cl)cn1. The van der Waals surface area contributed by atoms with Crippen LogP contribution in [0.4, 0.5) is 0 Å². The topological polar surface area (TPSA) is 59.5 Å². The summed E-state index contributed by atoms with van der Waals surface area (Å²) in [6.45, 7) is 0.545. The van der Waals surface area contributed by atoms with Crippen molar-refractivity contribution in [2.75, 3.05) is 13.7 Å². The van der Waals surface area contributed by atoms with Crippen molar-refractivity contribution in [1.29, 1.82) is 0 Å². The minimum atomic E-state index is -0.510. The number of carbonyl (C=O) groups is 2. The quantitative estimate of drug-likeness (QED) is 0.778. The first kappa shape index (κ1) is 13.8. The number of hydrogen-bond acceptors (Lipinski definition) is 4. The van der Waals surface area contributed by atoms with E-state index < -0.39 is 6.04 Å². The molecule has 0 N–H and O–H groups in total. The van der Waals surface area contributed by atoms with E-state index in [9.17, 15) is 9.59 Å². The van der Waals surface area contributed by atoms with Crippen LogP contribution < -0.4 is 0 Å². The van der Waals surface area contributed by atoms with Gasteiger partial charge in [0, 0.05) is 12.7 Å². The number of rotatable bonds is 2. The molecular weight excluding hydrogens is 268 g/mol. The standard InChI is InChI=1S/C13H15ClN2O3/c1-19-13(18)11-4-2-3-7-16(11)12(17)10-6-5-9(14)8-15-10/h5-6,8,11H,2-4,7H2,1H3/t11-/m1/s1. The van der Waals surface area contributed by atoms with Gasteiger partial charge in [-0.3, -0.25) is 4.79 Å². The second-order valence-electron chi connectivity index (χ2n) is 4.39. The normalized spacial score (nSPS) is 19.1. The fourth-order valence-corrected chi connectivity index (χ4v) is 2.32. The third-order valence-corrected chi connectivity index (χ3v) is 3.41. The summed E-state index contributed by atoms with van der Waals surface area (Å²) in [5.41, 5.74) is 0.292. The summed E-state index contributed by atoms with van der Waals surface area (Å²) < 4.78 is 4.75. The van der Waals surface area contributed by atoms with Gasteiger partial charge in [0.15, 0.2) is 0 Å². The van der Waals surface area contributed by atoms with Crippen LogP contribution in [0.1, 0.15) is 29.8 Å². The summed E-state index contributed by atoms with van der Waals surface area (Å²) in [5.74, 6) is -0.631. The molecule has 1 atom stereocenters. The van der Waals surface area contributed by atoms with Gasteiger partial charge in [0.1, 0.15) is 11.7 Å². The molecule has 1 fully saturated rings. The molecular formula is C13H15ClN2O3. The molecule has 2 rings (SSSR count). The van der Waals surface area contributed by atoms with E-state index in [1.54, 1.807) is 12.1 Å². The van der Waals surface area contributed by atoms with Gasteiger partial charge in [0.05, 0.1) is 12.1 Å². The predicted octanol–water partition coefficient (Wildman–Crippen LogP) is 1.90. The number of hydrogen-bond donors (Lipinski definition) is 0. The predicted molar refractivity (Wildman–Crippen MR) is 69.9 cm³/mol. The number of halogens is 1. The van der Waals surface area contributed by atoms with Gasteiger partial charge < -0.3 is 9.64 Å². The third kappa shape index (κ3) is 3.04.